The monoisotopic (exact) mass is 556 g/mol. The largest absolute Gasteiger partial charge is 0.377 e. The van der Waals surface area contributed by atoms with Gasteiger partial charge in [-0.25, -0.2) is 13.1 Å². The van der Waals surface area contributed by atoms with Crippen molar-refractivity contribution in [3.8, 4) is 0 Å². The number of hydrogen-bond acceptors (Lipinski definition) is 7. The molecule has 0 saturated carbocycles. The van der Waals surface area contributed by atoms with Crippen molar-refractivity contribution >= 4 is 40.0 Å². The number of sulfonamides is 1. The summed E-state index contributed by atoms with van der Waals surface area (Å²) in [5.41, 5.74) is 0.928. The molecule has 1 atom stereocenters. The molecule has 172 valence electrons. The van der Waals surface area contributed by atoms with Gasteiger partial charge in [0.25, 0.3) is 0 Å². The molecular formula is C18H33IN6O4S. The van der Waals surface area contributed by atoms with Gasteiger partial charge in [0.2, 0.25) is 10.0 Å². The van der Waals surface area contributed by atoms with Gasteiger partial charge in [0.1, 0.15) is 6.26 Å². The van der Waals surface area contributed by atoms with E-state index < -0.39 is 10.0 Å². The van der Waals surface area contributed by atoms with Crippen LogP contribution in [0.1, 0.15) is 25.0 Å². The lowest BCUT2D eigenvalue weighted by atomic mass is 10.1. The van der Waals surface area contributed by atoms with Crippen molar-refractivity contribution in [2.45, 2.75) is 31.9 Å². The van der Waals surface area contributed by atoms with Gasteiger partial charge in [-0.05, 0) is 19.3 Å². The number of aliphatic imine (C=N–C) groups is 1. The second kappa shape index (κ2) is 12.8. The van der Waals surface area contributed by atoms with Crippen molar-refractivity contribution in [1.29, 1.82) is 0 Å². The molecule has 0 amide bonds. The van der Waals surface area contributed by atoms with Crippen LogP contribution in [0.5, 0.6) is 0 Å². The van der Waals surface area contributed by atoms with Crippen molar-refractivity contribution in [1.82, 2.24) is 25.0 Å². The van der Waals surface area contributed by atoms with Gasteiger partial charge in [0.15, 0.2) is 5.96 Å². The molecule has 2 aliphatic rings. The van der Waals surface area contributed by atoms with Crippen LogP contribution in [0.2, 0.25) is 0 Å². The Hall–Kier alpha value is -0.960. The number of nitrogens with zero attached hydrogens (tertiary/aromatic N) is 4. The highest BCUT2D eigenvalue weighted by atomic mass is 127. The first-order valence-electron chi connectivity index (χ1n) is 10.2. The van der Waals surface area contributed by atoms with E-state index in [-0.39, 0.29) is 35.8 Å². The molecule has 1 aromatic rings. The molecule has 0 aliphatic carbocycles. The summed E-state index contributed by atoms with van der Waals surface area (Å²) in [4.78, 5) is 8.76. The van der Waals surface area contributed by atoms with E-state index in [1.54, 1.807) is 13.3 Å². The molecule has 2 fully saturated rings. The number of ether oxygens (including phenoxy) is 1. The van der Waals surface area contributed by atoms with E-state index in [2.05, 4.69) is 30.0 Å². The molecule has 0 aromatic carbocycles. The Morgan fingerprint density at radius 3 is 2.73 bits per heavy atom. The molecule has 12 heteroatoms. The summed E-state index contributed by atoms with van der Waals surface area (Å²) in [5.74, 6) is 0.738. The van der Waals surface area contributed by atoms with Crippen molar-refractivity contribution < 1.29 is 17.7 Å². The molecule has 0 bridgehead atoms. The van der Waals surface area contributed by atoms with Gasteiger partial charge in [-0.15, -0.1) is 24.0 Å². The summed E-state index contributed by atoms with van der Waals surface area (Å²) in [6.45, 7) is 5.56. The lowest BCUT2D eigenvalue weighted by molar-refractivity contribution is 0.0200. The molecule has 10 nitrogen and oxygen atoms in total. The van der Waals surface area contributed by atoms with E-state index in [0.717, 1.165) is 70.2 Å². The van der Waals surface area contributed by atoms with Gasteiger partial charge in [-0.2, -0.15) is 0 Å². The van der Waals surface area contributed by atoms with Crippen molar-refractivity contribution in [3.05, 3.63) is 18.0 Å². The van der Waals surface area contributed by atoms with Crippen LogP contribution in [0.4, 0.5) is 0 Å². The number of halogens is 1. The molecule has 1 aromatic heterocycles. The fourth-order valence-corrected chi connectivity index (χ4v) is 4.51. The number of nitrogens with one attached hydrogen (secondary N) is 2. The maximum absolute atomic E-state index is 12.2. The topological polar surface area (TPSA) is 112 Å². The van der Waals surface area contributed by atoms with E-state index in [4.69, 9.17) is 9.26 Å². The van der Waals surface area contributed by atoms with Crippen LogP contribution in [-0.2, 0) is 21.3 Å². The van der Waals surface area contributed by atoms with E-state index in [1.807, 2.05) is 6.07 Å². The molecule has 0 radical (unpaired) electrons. The lowest BCUT2D eigenvalue weighted by Gasteiger charge is -2.36. The maximum Gasteiger partial charge on any atom is 0.213 e. The lowest BCUT2D eigenvalue weighted by Crippen LogP contribution is -2.52. The third-order valence-electron chi connectivity index (χ3n) is 5.22. The Kier molecular flexibility index (Phi) is 10.8. The molecule has 2 aliphatic heterocycles. The summed E-state index contributed by atoms with van der Waals surface area (Å²) < 4.78 is 37.6. The second-order valence-corrected chi connectivity index (χ2v) is 9.31. The van der Waals surface area contributed by atoms with Crippen LogP contribution in [0.15, 0.2) is 21.8 Å². The fourth-order valence-electron chi connectivity index (χ4n) is 3.56. The summed E-state index contributed by atoms with van der Waals surface area (Å²) in [5, 5.41) is 7.13. The maximum atomic E-state index is 12.2. The number of rotatable bonds is 8. The van der Waals surface area contributed by atoms with E-state index in [0.29, 0.717) is 13.1 Å². The first-order valence-corrected chi connectivity index (χ1v) is 11.9. The van der Waals surface area contributed by atoms with Crippen molar-refractivity contribution in [2.24, 2.45) is 4.99 Å². The minimum absolute atomic E-state index is 0. The average Bonchev–Trinajstić information content (AvgIpc) is 3.24. The summed E-state index contributed by atoms with van der Waals surface area (Å²) in [6, 6.07) is 1.88. The molecule has 30 heavy (non-hydrogen) atoms. The Balaban J connectivity index is 0.00000320. The number of aromatic nitrogens is 1. The summed E-state index contributed by atoms with van der Waals surface area (Å²) in [7, 11) is -1.62. The Bertz CT molecular complexity index is 732. The normalized spacial score (nSPS) is 21.3. The predicted octanol–water partition coefficient (Wildman–Crippen LogP) is 0.474. The average molecular weight is 556 g/mol. The Morgan fingerprint density at radius 2 is 2.10 bits per heavy atom. The van der Waals surface area contributed by atoms with E-state index in [1.165, 1.54) is 0 Å². The first kappa shape index (κ1) is 25.3. The van der Waals surface area contributed by atoms with Crippen LogP contribution in [-0.4, -0.2) is 94.1 Å². The van der Waals surface area contributed by atoms with Gasteiger partial charge >= 0.3 is 0 Å². The molecule has 3 rings (SSSR count). The molecular weight excluding hydrogens is 523 g/mol. The fraction of sp³-hybridized carbons (Fsp3) is 0.778. The Morgan fingerprint density at radius 1 is 1.30 bits per heavy atom. The third kappa shape index (κ3) is 8.29. The van der Waals surface area contributed by atoms with Crippen LogP contribution in [0.3, 0.4) is 0 Å². The third-order valence-corrected chi connectivity index (χ3v) is 6.57. The first-order chi connectivity index (χ1) is 14.1. The zero-order chi connectivity index (χ0) is 20.5. The quantitative estimate of drug-likeness (QED) is 0.270. The minimum Gasteiger partial charge on any atom is -0.377 e. The SMILES string of the molecule is CN=C(NCCS(=O)(=O)NCC1CCCCO1)N1CCN(Cc2ccon2)CC1.I. The van der Waals surface area contributed by atoms with E-state index >= 15 is 0 Å². The molecule has 0 spiro atoms. The van der Waals surface area contributed by atoms with Crippen LogP contribution >= 0.6 is 24.0 Å². The van der Waals surface area contributed by atoms with Crippen LogP contribution in [0, 0.1) is 0 Å². The predicted molar refractivity (Wildman–Crippen MR) is 126 cm³/mol. The smallest absolute Gasteiger partial charge is 0.213 e. The number of piperazine rings is 1. The number of hydrogen-bond donors (Lipinski definition) is 2. The summed E-state index contributed by atoms with van der Waals surface area (Å²) in [6.07, 6.45) is 4.64. The molecule has 3 heterocycles. The van der Waals surface area contributed by atoms with Gasteiger partial charge in [-0.1, -0.05) is 5.16 Å². The zero-order valence-corrected chi connectivity index (χ0v) is 20.6. The Labute approximate surface area is 195 Å². The highest BCUT2D eigenvalue weighted by Gasteiger charge is 2.21. The van der Waals surface area contributed by atoms with Gasteiger partial charge in [-0.3, -0.25) is 9.89 Å². The van der Waals surface area contributed by atoms with Gasteiger partial charge < -0.3 is 19.5 Å². The minimum atomic E-state index is -3.34. The molecule has 1 unspecified atom stereocenters. The van der Waals surface area contributed by atoms with Crippen LogP contribution in [0.25, 0.3) is 0 Å². The zero-order valence-electron chi connectivity index (χ0n) is 17.5. The second-order valence-electron chi connectivity index (χ2n) is 7.38. The summed E-state index contributed by atoms with van der Waals surface area (Å²) >= 11 is 0. The highest BCUT2D eigenvalue weighted by molar-refractivity contribution is 14.0. The van der Waals surface area contributed by atoms with E-state index in [9.17, 15) is 8.42 Å². The van der Waals surface area contributed by atoms with Gasteiger partial charge in [0, 0.05) is 65.5 Å². The van der Waals surface area contributed by atoms with Crippen molar-refractivity contribution in [3.63, 3.8) is 0 Å². The molecule has 2 N–H and O–H groups in total. The van der Waals surface area contributed by atoms with Crippen molar-refractivity contribution in [2.75, 3.05) is 58.7 Å². The molecule has 2 saturated heterocycles. The van der Waals surface area contributed by atoms with Crippen LogP contribution < -0.4 is 10.0 Å². The van der Waals surface area contributed by atoms with Gasteiger partial charge in [0.05, 0.1) is 17.6 Å². The number of guanidine groups is 1. The highest BCUT2D eigenvalue weighted by Crippen LogP contribution is 2.12. The standard InChI is InChI=1S/C18H32N6O4S.HI/c1-19-18(24-9-7-23(8-10-24)15-16-5-12-28-22-16)20-6-13-29(25,26)21-14-17-4-2-3-11-27-17;/h5,12,17,21H,2-4,6-11,13-15H2,1H3,(H,19,20);1H.